The van der Waals surface area contributed by atoms with Gasteiger partial charge in [-0.1, -0.05) is 127 Å². The van der Waals surface area contributed by atoms with Gasteiger partial charge in [0.1, 0.15) is 17.2 Å². The third-order valence-corrected chi connectivity index (χ3v) is 19.7. The lowest BCUT2D eigenvalue weighted by molar-refractivity contribution is -0.125. The summed E-state index contributed by atoms with van der Waals surface area (Å²) in [5.74, 6) is 16.7. The Kier molecular flexibility index (Phi) is 23.1. The Morgan fingerprint density at radius 3 is 1.32 bits per heavy atom. The Hall–Kier alpha value is -15.6. The Bertz CT molecular complexity index is 6850. The fourth-order valence-corrected chi connectivity index (χ4v) is 14.3. The van der Waals surface area contributed by atoms with E-state index in [-0.39, 0.29) is 65.3 Å². The quantitative estimate of drug-likeness (QED) is 0.0490. The van der Waals surface area contributed by atoms with Crippen molar-refractivity contribution in [2.45, 2.75) is 85.5 Å². The van der Waals surface area contributed by atoms with Gasteiger partial charge in [0.25, 0.3) is 28.5 Å². The molecule has 4 atom stereocenters. The maximum absolute atomic E-state index is 14.2. The molecule has 0 spiro atoms. The number of hydrogen-bond donors (Lipinski definition) is 6. The van der Waals surface area contributed by atoms with Crippen molar-refractivity contribution in [3.05, 3.63) is 325 Å². The van der Waals surface area contributed by atoms with Gasteiger partial charge in [0.05, 0.1) is 70.5 Å². The lowest BCUT2D eigenvalue weighted by atomic mass is 10.0. The van der Waals surface area contributed by atoms with Gasteiger partial charge < -0.3 is 31.9 Å². The molecule has 5 amide bonds. The Labute approximate surface area is 670 Å². The highest BCUT2D eigenvalue weighted by Gasteiger charge is 2.29. The molecule has 10 heterocycles. The van der Waals surface area contributed by atoms with Gasteiger partial charge in [0.15, 0.2) is 16.9 Å². The summed E-state index contributed by atoms with van der Waals surface area (Å²) in [4.78, 5) is 117. The molecule has 1 saturated heterocycles. The molecule has 1 aliphatic rings. The van der Waals surface area contributed by atoms with E-state index in [0.717, 1.165) is 27.7 Å². The first-order valence-corrected chi connectivity index (χ1v) is 37.6. The van der Waals surface area contributed by atoms with E-state index in [4.69, 9.17) is 0 Å². The van der Waals surface area contributed by atoms with Crippen LogP contribution in [0.4, 0.5) is 0 Å². The number of amides is 5. The van der Waals surface area contributed by atoms with Crippen molar-refractivity contribution < 1.29 is 24.0 Å². The summed E-state index contributed by atoms with van der Waals surface area (Å²) in [6.45, 7) is 16.9. The third-order valence-electron chi connectivity index (χ3n) is 19.7. The van der Waals surface area contributed by atoms with E-state index >= 15 is 0 Å². The number of para-hydroxylation sites is 3. The average molecular weight is 1550 g/mol. The standard InChI is InChI=1S/C33H29N7O3.C30H26N6O3.C28H23N5O2/c1-21(26-20-36-39-18-8-17-34-31(26)39)37-22(2)28-19-24-10-6-9-23(11-7-16-35-32(42)27-14-15-29(41)38-27)30(24)33(43)40(28)25-12-4-3-5-13-25;1-19(33-29(38)26-20(2)34-35-17-9-16-32-28(26)35)25-18-23-11-7-10-22(12-8-15-31-21(3)37)27(23)30(39)36(25)24-13-5-4-6-14-24;1-4-10-20-11-8-12-21-17-23(33(28(35)25(20)21)22-13-6-5-7-14-22)18(2)30-27(34)24-19(3)31-32-16-9-15-29-26(24)32/h3-6,8-10,12-13,17-20,22,27,37H,1,14-16H2,2H3,(H,35,42)(H,38,41);4-7,9-11,13-14,16-19H,15H2,1-3H3,(H,31,37)(H,33,38);5-9,11-18H,1-3H3,(H,30,34)/t22-,27-;19-;18-/m000/s1. The summed E-state index contributed by atoms with van der Waals surface area (Å²) in [5.41, 5.74) is 10.2. The van der Waals surface area contributed by atoms with Crippen LogP contribution in [-0.2, 0) is 14.4 Å². The number of fused-ring (bicyclic) bond motifs is 6. The van der Waals surface area contributed by atoms with Crippen molar-refractivity contribution in [1.82, 2.24) is 89.4 Å². The molecule has 0 aliphatic carbocycles. The third kappa shape index (κ3) is 16.5. The van der Waals surface area contributed by atoms with Gasteiger partial charge in [-0.05, 0) is 155 Å². The lowest BCUT2D eigenvalue weighted by Gasteiger charge is -2.22. The smallest absolute Gasteiger partial charge is 0.264 e. The topological polar surface area (TPSA) is 314 Å². The fourth-order valence-electron chi connectivity index (χ4n) is 14.3. The van der Waals surface area contributed by atoms with Crippen LogP contribution < -0.4 is 48.6 Å². The first-order chi connectivity index (χ1) is 56.7. The van der Waals surface area contributed by atoms with Gasteiger partial charge in [-0.3, -0.25) is 52.1 Å². The summed E-state index contributed by atoms with van der Waals surface area (Å²) in [6.07, 6.45) is 12.8. The summed E-state index contributed by atoms with van der Waals surface area (Å²) in [5, 5.41) is 34.4. The van der Waals surface area contributed by atoms with Crippen LogP contribution in [-0.4, -0.2) is 106 Å². The van der Waals surface area contributed by atoms with E-state index in [2.05, 4.69) is 104 Å². The van der Waals surface area contributed by atoms with Crippen molar-refractivity contribution in [1.29, 1.82) is 0 Å². The second-order valence-corrected chi connectivity index (χ2v) is 27.6. The molecule has 0 radical (unpaired) electrons. The number of hydrogen-bond acceptors (Lipinski definition) is 15. The summed E-state index contributed by atoms with van der Waals surface area (Å²) < 4.78 is 9.78. The van der Waals surface area contributed by atoms with Crippen LogP contribution in [0.25, 0.3) is 72.0 Å². The normalized spacial score (nSPS) is 12.9. The molecule has 0 saturated carbocycles. The lowest BCUT2D eigenvalue weighted by Crippen LogP contribution is -2.41. The molecule has 16 rings (SSSR count). The van der Waals surface area contributed by atoms with E-state index in [1.54, 1.807) is 109 Å². The molecule has 26 heteroatoms. The molecular weight excluding hydrogens is 1470 g/mol. The van der Waals surface area contributed by atoms with Gasteiger partial charge in [0, 0.05) is 107 Å². The highest BCUT2D eigenvalue weighted by atomic mass is 16.2. The molecule has 6 N–H and O–H groups in total. The van der Waals surface area contributed by atoms with Gasteiger partial charge in [-0.15, -0.1) is 5.92 Å². The minimum Gasteiger partial charge on any atom is -0.377 e. The average Bonchev–Trinajstić information content (AvgIpc) is 1.53. The molecular formula is C91H78N18O8. The highest BCUT2D eigenvalue weighted by molar-refractivity contribution is 6.02. The molecule has 6 aromatic carbocycles. The number of carbonyl (C=O) groups is 5. The number of carbonyl (C=O) groups excluding carboxylic acids is 5. The maximum atomic E-state index is 14.2. The molecule has 15 aromatic rings. The number of benzene rings is 6. The molecule has 1 fully saturated rings. The minimum atomic E-state index is -0.539. The van der Waals surface area contributed by atoms with Crippen molar-refractivity contribution in [3.63, 3.8) is 0 Å². The second-order valence-electron chi connectivity index (χ2n) is 27.6. The van der Waals surface area contributed by atoms with E-state index in [0.29, 0.717) is 119 Å². The molecule has 9 aromatic heterocycles. The van der Waals surface area contributed by atoms with E-state index in [1.807, 2.05) is 185 Å². The van der Waals surface area contributed by atoms with Gasteiger partial charge in [0.2, 0.25) is 17.7 Å². The summed E-state index contributed by atoms with van der Waals surface area (Å²) in [7, 11) is 0. The summed E-state index contributed by atoms with van der Waals surface area (Å²) >= 11 is 0. The zero-order valence-corrected chi connectivity index (χ0v) is 64.8. The molecule has 580 valence electrons. The van der Waals surface area contributed by atoms with Crippen LogP contribution in [0.5, 0.6) is 0 Å². The second kappa shape index (κ2) is 34.6. The Morgan fingerprint density at radius 1 is 0.504 bits per heavy atom. The van der Waals surface area contributed by atoms with Crippen LogP contribution in [0.2, 0.25) is 0 Å². The summed E-state index contributed by atoms with van der Waals surface area (Å²) in [6, 6.07) is 54.0. The van der Waals surface area contributed by atoms with Gasteiger partial charge >= 0.3 is 0 Å². The van der Waals surface area contributed by atoms with E-state index < -0.39 is 18.1 Å². The van der Waals surface area contributed by atoms with Gasteiger partial charge in [-0.2, -0.15) is 15.3 Å². The van der Waals surface area contributed by atoms with Crippen molar-refractivity contribution in [2.75, 3.05) is 13.1 Å². The number of pyridine rings is 3. The fraction of sp³-hybridized carbons (Fsp3) is 0.165. The van der Waals surface area contributed by atoms with Crippen molar-refractivity contribution in [3.8, 4) is 52.6 Å². The van der Waals surface area contributed by atoms with Crippen molar-refractivity contribution in [2.24, 2.45) is 0 Å². The minimum absolute atomic E-state index is 0.0913. The van der Waals surface area contributed by atoms with E-state index in [1.165, 1.54) is 6.92 Å². The van der Waals surface area contributed by atoms with Crippen LogP contribution >= 0.6 is 0 Å². The number of aryl methyl sites for hydroxylation is 2. The van der Waals surface area contributed by atoms with Crippen LogP contribution in [0, 0.1) is 49.4 Å². The largest absolute Gasteiger partial charge is 0.377 e. The number of nitrogens with zero attached hydrogens (tertiary/aromatic N) is 12. The van der Waals surface area contributed by atoms with Gasteiger partial charge in [-0.25, -0.2) is 28.5 Å². The van der Waals surface area contributed by atoms with Crippen molar-refractivity contribution >= 4 is 84.5 Å². The number of nitrogens with one attached hydrogen (secondary N) is 6. The zero-order chi connectivity index (χ0) is 82.0. The Balaban J connectivity index is 0.000000145. The zero-order valence-electron chi connectivity index (χ0n) is 64.8. The van der Waals surface area contributed by atoms with E-state index in [9.17, 15) is 38.4 Å². The SMILES string of the molecule is C=C(N[C@@H](C)c1cc2cccc(C#CCNC(=O)[C@@H]3CCC(=O)N3)c2c(=O)n1-c1ccccc1)c1cnn2cccnc12.CC#Cc1cccc2cc([C@H](C)NC(=O)c3c(C)nn4cccnc34)n(-c3ccccc3)c(=O)c12.CC(=O)NCC#Cc1cccc2cc([C@H](C)NC(=O)c3c(C)nn4cccnc34)n(-c3ccccc3)c(=O)c12. The van der Waals surface area contributed by atoms with Crippen LogP contribution in [0.3, 0.4) is 0 Å². The Morgan fingerprint density at radius 2 is 0.906 bits per heavy atom. The molecule has 26 nitrogen and oxygen atoms in total. The first kappa shape index (κ1) is 78.1. The molecule has 0 bridgehead atoms. The number of aromatic nitrogens is 12. The molecule has 1 aliphatic heterocycles. The monoisotopic (exact) mass is 1550 g/mol. The molecule has 117 heavy (non-hydrogen) atoms. The van der Waals surface area contributed by atoms with Crippen LogP contribution in [0.15, 0.2) is 246 Å². The number of rotatable bonds is 16. The first-order valence-electron chi connectivity index (χ1n) is 37.6. The highest BCUT2D eigenvalue weighted by Crippen LogP contribution is 2.30. The van der Waals surface area contributed by atoms with Crippen LogP contribution in [0.1, 0.15) is 137 Å². The predicted octanol–water partition coefficient (Wildman–Crippen LogP) is 10.6. The predicted molar refractivity (Wildman–Crippen MR) is 449 cm³/mol. The maximum Gasteiger partial charge on any atom is 0.264 e. The molecule has 0 unspecified atom stereocenters.